The third-order valence-corrected chi connectivity index (χ3v) is 3.43. The Hall–Kier alpha value is -1.79. The van der Waals surface area contributed by atoms with Gasteiger partial charge in [0.2, 0.25) is 6.79 Å². The first-order chi connectivity index (χ1) is 10.0. The molecule has 0 amide bonds. The molecule has 2 rings (SSSR count). The zero-order chi connectivity index (χ0) is 15.4. The number of fused-ring (bicyclic) bond motifs is 1. The van der Waals surface area contributed by atoms with Crippen molar-refractivity contribution in [3.63, 3.8) is 0 Å². The van der Waals surface area contributed by atoms with Crippen LogP contribution in [0.4, 0.5) is 0 Å². The van der Waals surface area contributed by atoms with E-state index in [2.05, 4.69) is 5.32 Å². The molecule has 21 heavy (non-hydrogen) atoms. The lowest BCUT2D eigenvalue weighted by Crippen LogP contribution is -2.43. The van der Waals surface area contributed by atoms with Gasteiger partial charge in [0, 0.05) is 6.54 Å². The third kappa shape index (κ3) is 3.65. The van der Waals surface area contributed by atoms with Crippen LogP contribution in [0.25, 0.3) is 0 Å². The van der Waals surface area contributed by atoms with Gasteiger partial charge in [0.15, 0.2) is 11.5 Å². The predicted octanol–water partition coefficient (Wildman–Crippen LogP) is 1.24. The summed E-state index contributed by atoms with van der Waals surface area (Å²) in [4.78, 5) is 11.7. The van der Waals surface area contributed by atoms with E-state index in [1.54, 1.807) is 18.2 Å². The molecule has 1 aromatic carbocycles. The number of benzene rings is 1. The minimum atomic E-state index is -0.745. The molecule has 2 N–H and O–H groups in total. The fraction of sp³-hybridized carbons (Fsp3) is 0.533. The van der Waals surface area contributed by atoms with Gasteiger partial charge in [0.05, 0.1) is 13.2 Å². The predicted molar refractivity (Wildman–Crippen MR) is 76.2 cm³/mol. The number of carbonyl (C=O) groups is 1. The van der Waals surface area contributed by atoms with E-state index in [9.17, 15) is 9.90 Å². The second-order valence-corrected chi connectivity index (χ2v) is 5.28. The van der Waals surface area contributed by atoms with Crippen LogP contribution >= 0.6 is 0 Å². The number of hydrogen-bond acceptors (Lipinski definition) is 6. The molecule has 1 aromatic rings. The number of methoxy groups -OCH3 is 1. The highest BCUT2D eigenvalue weighted by Crippen LogP contribution is 2.34. The maximum absolute atomic E-state index is 11.7. The van der Waals surface area contributed by atoms with Gasteiger partial charge >= 0.3 is 5.97 Å². The summed E-state index contributed by atoms with van der Waals surface area (Å²) in [6.07, 6.45) is -0.745. The molecule has 6 nitrogen and oxygen atoms in total. The Labute approximate surface area is 124 Å². The topological polar surface area (TPSA) is 77.0 Å². The molecule has 116 valence electrons. The average molecular weight is 295 g/mol. The summed E-state index contributed by atoms with van der Waals surface area (Å²) >= 11 is 0. The highest BCUT2D eigenvalue weighted by atomic mass is 16.7. The van der Waals surface area contributed by atoms with E-state index >= 15 is 0 Å². The van der Waals surface area contributed by atoms with Gasteiger partial charge in [-0.05, 0) is 23.6 Å². The van der Waals surface area contributed by atoms with Crippen LogP contribution in [-0.2, 0) is 9.53 Å². The van der Waals surface area contributed by atoms with Gasteiger partial charge in [0.25, 0.3) is 0 Å². The number of nitrogens with one attached hydrogen (secondary N) is 1. The molecule has 2 atom stereocenters. The van der Waals surface area contributed by atoms with Gasteiger partial charge in [-0.2, -0.15) is 0 Å². The molecular formula is C15H21NO5. The lowest BCUT2D eigenvalue weighted by molar-refractivity contribution is -0.144. The molecule has 6 heteroatoms. The van der Waals surface area contributed by atoms with Gasteiger partial charge in [-0.15, -0.1) is 0 Å². The molecule has 0 saturated heterocycles. The van der Waals surface area contributed by atoms with Crippen molar-refractivity contribution >= 4 is 5.97 Å². The molecule has 0 bridgehead atoms. The minimum Gasteiger partial charge on any atom is -0.468 e. The van der Waals surface area contributed by atoms with Crippen molar-refractivity contribution in [3.05, 3.63) is 23.8 Å². The largest absolute Gasteiger partial charge is 0.468 e. The van der Waals surface area contributed by atoms with Crippen LogP contribution in [0.5, 0.6) is 11.5 Å². The van der Waals surface area contributed by atoms with Gasteiger partial charge in [-0.3, -0.25) is 4.79 Å². The second-order valence-electron chi connectivity index (χ2n) is 5.28. The number of esters is 1. The molecule has 0 saturated carbocycles. The molecule has 0 aromatic heterocycles. The summed E-state index contributed by atoms with van der Waals surface area (Å²) in [6.45, 7) is 4.28. The Morgan fingerprint density at radius 2 is 2.10 bits per heavy atom. The molecule has 1 aliphatic rings. The smallest absolute Gasteiger partial charge is 0.323 e. The summed E-state index contributed by atoms with van der Waals surface area (Å²) in [7, 11) is 1.35. The molecule has 0 radical (unpaired) electrons. The van der Waals surface area contributed by atoms with Crippen LogP contribution < -0.4 is 14.8 Å². The Bertz CT molecular complexity index is 503. The first-order valence-electron chi connectivity index (χ1n) is 6.91. The number of hydrogen-bond donors (Lipinski definition) is 2. The molecule has 1 heterocycles. The molecule has 0 spiro atoms. The van der Waals surface area contributed by atoms with Crippen molar-refractivity contribution in [2.75, 3.05) is 20.4 Å². The van der Waals surface area contributed by atoms with Gasteiger partial charge in [-0.1, -0.05) is 19.9 Å². The Morgan fingerprint density at radius 3 is 2.76 bits per heavy atom. The SMILES string of the molecule is COC(=O)C(NCC(O)c1ccc2c(c1)OCO2)C(C)C. The van der Waals surface area contributed by atoms with Crippen LogP contribution in [-0.4, -0.2) is 37.6 Å². The fourth-order valence-electron chi connectivity index (χ4n) is 2.20. The van der Waals surface area contributed by atoms with Crippen LogP contribution in [0.3, 0.4) is 0 Å². The van der Waals surface area contributed by atoms with Gasteiger partial charge < -0.3 is 24.6 Å². The Balaban J connectivity index is 1.97. The Morgan fingerprint density at radius 1 is 1.38 bits per heavy atom. The lowest BCUT2D eigenvalue weighted by Gasteiger charge is -2.22. The van der Waals surface area contributed by atoms with E-state index in [0.717, 1.165) is 0 Å². The van der Waals surface area contributed by atoms with Crippen molar-refractivity contribution in [2.24, 2.45) is 5.92 Å². The maximum atomic E-state index is 11.7. The van der Waals surface area contributed by atoms with Gasteiger partial charge in [0.1, 0.15) is 6.04 Å². The number of aliphatic hydroxyl groups is 1. The van der Waals surface area contributed by atoms with E-state index in [0.29, 0.717) is 17.1 Å². The van der Waals surface area contributed by atoms with Gasteiger partial charge in [-0.25, -0.2) is 0 Å². The van der Waals surface area contributed by atoms with Crippen LogP contribution in [0.2, 0.25) is 0 Å². The monoisotopic (exact) mass is 295 g/mol. The third-order valence-electron chi connectivity index (χ3n) is 3.43. The zero-order valence-corrected chi connectivity index (χ0v) is 12.5. The number of rotatable bonds is 6. The van der Waals surface area contributed by atoms with Crippen molar-refractivity contribution in [1.82, 2.24) is 5.32 Å². The molecule has 0 aliphatic carbocycles. The quantitative estimate of drug-likeness (QED) is 0.769. The van der Waals surface area contributed by atoms with Crippen LogP contribution in [0.15, 0.2) is 18.2 Å². The zero-order valence-electron chi connectivity index (χ0n) is 12.5. The van der Waals surface area contributed by atoms with Crippen LogP contribution in [0, 0.1) is 5.92 Å². The van der Waals surface area contributed by atoms with Crippen LogP contribution in [0.1, 0.15) is 25.5 Å². The van der Waals surface area contributed by atoms with Crippen molar-refractivity contribution in [1.29, 1.82) is 0 Å². The fourth-order valence-corrected chi connectivity index (χ4v) is 2.20. The van der Waals surface area contributed by atoms with Crippen molar-refractivity contribution in [3.8, 4) is 11.5 Å². The van der Waals surface area contributed by atoms with E-state index in [1.165, 1.54) is 7.11 Å². The first-order valence-corrected chi connectivity index (χ1v) is 6.91. The van der Waals surface area contributed by atoms with E-state index < -0.39 is 12.1 Å². The highest BCUT2D eigenvalue weighted by molar-refractivity contribution is 5.75. The average Bonchev–Trinajstić information content (AvgIpc) is 2.93. The van der Waals surface area contributed by atoms with Crippen molar-refractivity contribution in [2.45, 2.75) is 26.0 Å². The number of ether oxygens (including phenoxy) is 3. The highest BCUT2D eigenvalue weighted by Gasteiger charge is 2.24. The van der Waals surface area contributed by atoms with E-state index in [1.807, 2.05) is 13.8 Å². The molecular weight excluding hydrogens is 274 g/mol. The summed E-state index contributed by atoms with van der Waals surface area (Å²) in [5.41, 5.74) is 0.708. The maximum Gasteiger partial charge on any atom is 0.323 e. The summed E-state index contributed by atoms with van der Waals surface area (Å²) in [5, 5.41) is 13.3. The lowest BCUT2D eigenvalue weighted by atomic mass is 10.0. The molecule has 2 unspecified atom stereocenters. The number of carbonyl (C=O) groups excluding carboxylic acids is 1. The van der Waals surface area contributed by atoms with E-state index in [4.69, 9.17) is 14.2 Å². The molecule has 1 aliphatic heterocycles. The molecule has 0 fully saturated rings. The first kappa shape index (κ1) is 15.6. The Kier molecular flexibility index (Phi) is 5.03. The second kappa shape index (κ2) is 6.78. The summed E-state index contributed by atoms with van der Waals surface area (Å²) in [6, 6.07) is 4.85. The standard InChI is InChI=1S/C15H21NO5/c1-9(2)14(15(18)19-3)16-7-11(17)10-4-5-12-13(6-10)21-8-20-12/h4-6,9,11,14,16-17H,7-8H2,1-3H3. The van der Waals surface area contributed by atoms with Crippen molar-refractivity contribution < 1.29 is 24.1 Å². The van der Waals surface area contributed by atoms with E-state index in [-0.39, 0.29) is 25.2 Å². The summed E-state index contributed by atoms with van der Waals surface area (Å²) in [5.74, 6) is 1.04. The number of aliphatic hydroxyl groups excluding tert-OH is 1. The summed E-state index contributed by atoms with van der Waals surface area (Å²) < 4.78 is 15.3. The normalized spacial score (nSPS) is 15.9. The minimum absolute atomic E-state index is 0.0707.